The largest absolute Gasteiger partial charge is 1.00 e. The van der Waals surface area contributed by atoms with E-state index < -0.39 is 17.7 Å². The molecule has 0 spiro atoms. The Labute approximate surface area is 82.3 Å². The molecule has 0 aliphatic rings. The van der Waals surface area contributed by atoms with Crippen LogP contribution in [0, 0.1) is 0 Å². The zero-order chi connectivity index (χ0) is 6.57. The van der Waals surface area contributed by atoms with E-state index in [-0.39, 0.29) is 35.4 Å². The molecule has 0 saturated carbocycles. The van der Waals surface area contributed by atoms with Crippen molar-refractivity contribution < 1.29 is 47.6 Å². The van der Waals surface area contributed by atoms with Gasteiger partial charge in [-0.15, -0.1) is 11.6 Å². The summed E-state index contributed by atoms with van der Waals surface area (Å²) in [6.45, 7) is 0. The van der Waals surface area contributed by atoms with Gasteiger partial charge in [-0.2, -0.15) is 0 Å². The molecule has 4 nitrogen and oxygen atoms in total. The molecule has 0 aromatic carbocycles. The van der Waals surface area contributed by atoms with E-state index in [9.17, 15) is 8.76 Å². The molecule has 1 N–H and O–H groups in total. The molecule has 0 aromatic heterocycles. The summed E-state index contributed by atoms with van der Waals surface area (Å²) in [5.41, 5.74) is 0. The first kappa shape index (κ1) is 12.9. The molecule has 0 fully saturated rings. The maximum Gasteiger partial charge on any atom is 1.00 e. The third-order valence-corrected chi connectivity index (χ3v) is 0.965. The molecule has 0 aromatic rings. The van der Waals surface area contributed by atoms with Gasteiger partial charge in [0.15, 0.2) is 6.29 Å². The van der Waals surface area contributed by atoms with Crippen LogP contribution in [0.5, 0.6) is 0 Å². The topological polar surface area (TPSA) is 69.6 Å². The molecule has 0 heterocycles. The molecule has 0 radical (unpaired) electrons. The predicted molar refractivity (Wildman–Crippen MR) is 26.7 cm³/mol. The minimum absolute atomic E-state index is 0. The summed E-state index contributed by atoms with van der Waals surface area (Å²) in [5.74, 6) is -0.256. The Kier molecular flexibility index (Phi) is 10.7. The maximum atomic E-state index is 9.53. The molecule has 0 rings (SSSR count). The summed E-state index contributed by atoms with van der Waals surface area (Å²) in [7, 11) is 0. The molecule has 2 unspecified atom stereocenters. The smallest absolute Gasteiger partial charge is 0.750 e. The van der Waals surface area contributed by atoms with E-state index in [2.05, 4.69) is 4.18 Å². The van der Waals surface area contributed by atoms with E-state index in [1.165, 1.54) is 0 Å². The molecule has 0 aliphatic carbocycles. The second kappa shape index (κ2) is 7.43. The molecule has 0 saturated heterocycles. The fourth-order valence-electron chi connectivity index (χ4n) is 0.116. The molecular weight excluding hydrogens is 179 g/mol. The molecule has 0 aliphatic heterocycles. The van der Waals surface area contributed by atoms with Crippen LogP contribution in [0.15, 0.2) is 0 Å². The van der Waals surface area contributed by atoms with Crippen molar-refractivity contribution in [2.45, 2.75) is 6.29 Å². The summed E-state index contributed by atoms with van der Waals surface area (Å²) in [4.78, 5) is 0. The second-order valence-corrected chi connectivity index (χ2v) is 1.82. The van der Waals surface area contributed by atoms with Gasteiger partial charge in [0.05, 0.1) is 17.2 Å². The molecule has 9 heavy (non-hydrogen) atoms. The third kappa shape index (κ3) is 9.32. The summed E-state index contributed by atoms with van der Waals surface area (Å²) >= 11 is 2.27. The van der Waals surface area contributed by atoms with Gasteiger partial charge in [-0.1, -0.05) is 0 Å². The van der Waals surface area contributed by atoms with Crippen LogP contribution in [0.2, 0.25) is 0 Å². The van der Waals surface area contributed by atoms with Crippen molar-refractivity contribution >= 4 is 23.0 Å². The van der Waals surface area contributed by atoms with Gasteiger partial charge in [0.2, 0.25) is 0 Å². The van der Waals surface area contributed by atoms with Gasteiger partial charge in [0, 0.05) is 0 Å². The zero-order valence-corrected chi connectivity index (χ0v) is 8.32. The van der Waals surface area contributed by atoms with Crippen LogP contribution in [0.3, 0.4) is 0 Å². The van der Waals surface area contributed by atoms with Crippen LogP contribution in [0.4, 0.5) is 0 Å². The third-order valence-electron chi connectivity index (χ3n) is 0.322. The Morgan fingerprint density at radius 1 is 1.89 bits per heavy atom. The average Bonchev–Trinajstić information content (AvgIpc) is 1.65. The first-order chi connectivity index (χ1) is 3.66. The van der Waals surface area contributed by atoms with E-state index in [0.717, 1.165) is 0 Å². The summed E-state index contributed by atoms with van der Waals surface area (Å²) in [6.07, 6.45) is -1.42. The molecule has 0 amide bonds. The van der Waals surface area contributed by atoms with Crippen molar-refractivity contribution in [3.63, 3.8) is 0 Å². The SMILES string of the molecule is O=S([O-])OC(O)CCl.[Na+]. The van der Waals surface area contributed by atoms with Gasteiger partial charge in [-0.3, -0.25) is 4.18 Å². The van der Waals surface area contributed by atoms with E-state index in [4.69, 9.17) is 16.7 Å². The maximum absolute atomic E-state index is 9.53. The van der Waals surface area contributed by atoms with E-state index in [1.54, 1.807) is 0 Å². The van der Waals surface area contributed by atoms with Crippen LogP contribution in [-0.4, -0.2) is 26.0 Å². The summed E-state index contributed by atoms with van der Waals surface area (Å²) in [6, 6.07) is 0. The van der Waals surface area contributed by atoms with Crippen LogP contribution in [-0.2, 0) is 15.5 Å². The van der Waals surface area contributed by atoms with E-state index in [1.807, 2.05) is 0 Å². The Morgan fingerprint density at radius 2 is 2.33 bits per heavy atom. The van der Waals surface area contributed by atoms with Crippen LogP contribution in [0.25, 0.3) is 0 Å². The zero-order valence-electron chi connectivity index (χ0n) is 4.74. The molecule has 0 bridgehead atoms. The predicted octanol–water partition coefficient (Wildman–Crippen LogP) is -3.64. The monoisotopic (exact) mass is 182 g/mol. The summed E-state index contributed by atoms with van der Waals surface area (Å²) < 4.78 is 22.8. The standard InChI is InChI=1S/C2H5ClO4S.Na/c3-1-2(4)7-8(5)6;/h2,4H,1H2,(H,5,6);/q;+1/p-1. The molecule has 7 heteroatoms. The number of hydrogen-bond donors (Lipinski definition) is 1. The summed E-state index contributed by atoms with van der Waals surface area (Å²) in [5, 5.41) is 8.28. The van der Waals surface area contributed by atoms with Crippen molar-refractivity contribution in [2.24, 2.45) is 0 Å². The fraction of sp³-hybridized carbons (Fsp3) is 1.00. The number of rotatable bonds is 3. The number of aliphatic hydroxyl groups is 1. The minimum atomic E-state index is -2.68. The quantitative estimate of drug-likeness (QED) is 0.212. The Balaban J connectivity index is 0. The van der Waals surface area contributed by atoms with Gasteiger partial charge >= 0.3 is 29.6 Å². The number of alkyl halides is 1. The fourth-order valence-corrected chi connectivity index (χ4v) is 0.504. The molecule has 2 atom stereocenters. The van der Waals surface area contributed by atoms with Crippen molar-refractivity contribution in [1.29, 1.82) is 0 Å². The molecule has 50 valence electrons. The Morgan fingerprint density at radius 3 is 2.44 bits per heavy atom. The molecular formula is C2H4ClNaO4S. The number of aliphatic hydroxyl groups excluding tert-OH is 1. The van der Waals surface area contributed by atoms with Gasteiger partial charge in [0.25, 0.3) is 0 Å². The number of hydrogen-bond acceptors (Lipinski definition) is 4. The first-order valence-corrected chi connectivity index (χ1v) is 3.20. The van der Waals surface area contributed by atoms with Crippen LogP contribution >= 0.6 is 11.6 Å². The van der Waals surface area contributed by atoms with Crippen LogP contribution < -0.4 is 29.6 Å². The van der Waals surface area contributed by atoms with Crippen molar-refractivity contribution in [3.8, 4) is 0 Å². The van der Waals surface area contributed by atoms with Crippen molar-refractivity contribution in [3.05, 3.63) is 0 Å². The average molecular weight is 183 g/mol. The Bertz CT molecular complexity index is 90.6. The van der Waals surface area contributed by atoms with Crippen molar-refractivity contribution in [1.82, 2.24) is 0 Å². The van der Waals surface area contributed by atoms with Gasteiger partial charge < -0.3 is 9.66 Å². The number of halogens is 1. The van der Waals surface area contributed by atoms with Crippen molar-refractivity contribution in [2.75, 3.05) is 5.88 Å². The minimum Gasteiger partial charge on any atom is -0.750 e. The van der Waals surface area contributed by atoms with Gasteiger partial charge in [-0.25, -0.2) is 4.21 Å². The van der Waals surface area contributed by atoms with Crippen LogP contribution in [0.1, 0.15) is 0 Å². The first-order valence-electron chi connectivity index (χ1n) is 1.67. The van der Waals surface area contributed by atoms with E-state index >= 15 is 0 Å². The Hall–Kier alpha value is 1.32. The van der Waals surface area contributed by atoms with E-state index in [0.29, 0.717) is 0 Å². The van der Waals surface area contributed by atoms with Gasteiger partial charge in [0.1, 0.15) is 0 Å². The second-order valence-electron chi connectivity index (χ2n) is 0.909. The van der Waals surface area contributed by atoms with Gasteiger partial charge in [-0.05, 0) is 0 Å². The normalized spacial score (nSPS) is 15.9.